The fraction of sp³-hybridized carbons (Fsp3) is 0.250. The first-order chi connectivity index (χ1) is 11.6. The first kappa shape index (κ1) is 16.5. The smallest absolute Gasteiger partial charge is 0.0149 e. The predicted molar refractivity (Wildman–Crippen MR) is 105 cm³/mol. The number of hydrogen-bond donors (Lipinski definition) is 0. The lowest BCUT2D eigenvalue weighted by Gasteiger charge is -2.16. The lowest BCUT2D eigenvalue weighted by Crippen LogP contribution is -1.94. The topological polar surface area (TPSA) is 0 Å². The maximum absolute atomic E-state index is 2.34. The van der Waals surface area contributed by atoms with E-state index in [1.54, 1.807) is 0 Å². The number of benzene rings is 3. The molecule has 0 saturated carbocycles. The molecule has 0 fully saturated rings. The zero-order valence-corrected chi connectivity index (χ0v) is 15.1. The molecule has 0 bridgehead atoms. The summed E-state index contributed by atoms with van der Waals surface area (Å²) >= 11 is 0. The van der Waals surface area contributed by atoms with Crippen molar-refractivity contribution in [2.45, 2.75) is 39.5 Å². The molecule has 0 spiro atoms. The normalized spacial score (nSPS) is 11.2. The molecule has 0 N–H and O–H groups in total. The van der Waals surface area contributed by atoms with Gasteiger partial charge in [-0.2, -0.15) is 0 Å². The summed E-state index contributed by atoms with van der Waals surface area (Å²) in [6.45, 7) is 9.04. The molecule has 0 radical (unpaired) electrons. The highest BCUT2D eigenvalue weighted by atomic mass is 14.2. The summed E-state index contributed by atoms with van der Waals surface area (Å²) in [5.41, 5.74) is 8.11. The SMILES string of the molecule is CC(C)c1ccccc1-c1cccc(-c2ccccc2C(C)C)c1. The highest BCUT2D eigenvalue weighted by Crippen LogP contribution is 2.34. The van der Waals surface area contributed by atoms with Crippen molar-refractivity contribution >= 4 is 0 Å². The number of hydrogen-bond acceptors (Lipinski definition) is 0. The van der Waals surface area contributed by atoms with Crippen molar-refractivity contribution in [2.75, 3.05) is 0 Å². The van der Waals surface area contributed by atoms with E-state index >= 15 is 0 Å². The summed E-state index contributed by atoms with van der Waals surface area (Å²) in [6.07, 6.45) is 0. The molecule has 0 heterocycles. The Morgan fingerprint density at radius 1 is 0.500 bits per heavy atom. The van der Waals surface area contributed by atoms with Crippen LogP contribution < -0.4 is 0 Å². The Morgan fingerprint density at radius 3 is 1.33 bits per heavy atom. The van der Waals surface area contributed by atoms with Crippen LogP contribution in [-0.4, -0.2) is 0 Å². The maximum atomic E-state index is 2.34. The van der Waals surface area contributed by atoms with Gasteiger partial charge >= 0.3 is 0 Å². The largest absolute Gasteiger partial charge is 0.0619 e. The van der Waals surface area contributed by atoms with Crippen LogP contribution in [0.3, 0.4) is 0 Å². The molecule has 0 aliphatic heterocycles. The zero-order chi connectivity index (χ0) is 17.1. The molecule has 0 heteroatoms. The van der Waals surface area contributed by atoms with Gasteiger partial charge in [0.05, 0.1) is 0 Å². The second-order valence-corrected chi connectivity index (χ2v) is 7.06. The molecule has 0 atom stereocenters. The van der Waals surface area contributed by atoms with Crippen molar-refractivity contribution < 1.29 is 0 Å². The average molecular weight is 314 g/mol. The van der Waals surface area contributed by atoms with Crippen LogP contribution in [0.5, 0.6) is 0 Å². The molecule has 3 aromatic carbocycles. The fourth-order valence-corrected chi connectivity index (χ4v) is 3.38. The highest BCUT2D eigenvalue weighted by molar-refractivity contribution is 5.76. The minimum atomic E-state index is 0.521. The van der Waals surface area contributed by atoms with Crippen LogP contribution in [0.4, 0.5) is 0 Å². The van der Waals surface area contributed by atoms with Gasteiger partial charge in [-0.1, -0.05) is 94.4 Å². The van der Waals surface area contributed by atoms with Gasteiger partial charge in [0.25, 0.3) is 0 Å². The van der Waals surface area contributed by atoms with E-state index in [9.17, 15) is 0 Å². The third-order valence-electron chi connectivity index (χ3n) is 4.65. The molecule has 0 aromatic heterocycles. The van der Waals surface area contributed by atoms with Gasteiger partial charge in [0.15, 0.2) is 0 Å². The van der Waals surface area contributed by atoms with E-state index in [0.717, 1.165) is 0 Å². The van der Waals surface area contributed by atoms with Crippen LogP contribution in [0.2, 0.25) is 0 Å². The molecular formula is C24H26. The van der Waals surface area contributed by atoms with E-state index in [4.69, 9.17) is 0 Å². The van der Waals surface area contributed by atoms with E-state index < -0.39 is 0 Å². The van der Waals surface area contributed by atoms with E-state index in [1.165, 1.54) is 33.4 Å². The molecule has 0 aliphatic rings. The summed E-state index contributed by atoms with van der Waals surface area (Å²) in [4.78, 5) is 0. The third kappa shape index (κ3) is 3.28. The van der Waals surface area contributed by atoms with Gasteiger partial charge in [-0.15, -0.1) is 0 Å². The van der Waals surface area contributed by atoms with E-state index in [0.29, 0.717) is 11.8 Å². The summed E-state index contributed by atoms with van der Waals surface area (Å²) in [7, 11) is 0. The lowest BCUT2D eigenvalue weighted by atomic mass is 9.89. The Bertz CT molecular complexity index is 758. The van der Waals surface area contributed by atoms with Crippen LogP contribution in [0, 0.1) is 0 Å². The highest BCUT2D eigenvalue weighted by Gasteiger charge is 2.11. The minimum absolute atomic E-state index is 0.521. The minimum Gasteiger partial charge on any atom is -0.0619 e. The lowest BCUT2D eigenvalue weighted by molar-refractivity contribution is 0.868. The molecule has 0 unspecified atom stereocenters. The Hall–Kier alpha value is -2.34. The molecule has 0 aliphatic carbocycles. The summed E-state index contributed by atoms with van der Waals surface area (Å²) in [6, 6.07) is 26.5. The van der Waals surface area contributed by atoms with E-state index in [-0.39, 0.29) is 0 Å². The Labute approximate surface area is 146 Å². The van der Waals surface area contributed by atoms with Crippen LogP contribution >= 0.6 is 0 Å². The molecule has 24 heavy (non-hydrogen) atoms. The van der Waals surface area contributed by atoms with Crippen LogP contribution in [-0.2, 0) is 0 Å². The first-order valence-corrected chi connectivity index (χ1v) is 8.86. The van der Waals surface area contributed by atoms with Crippen molar-refractivity contribution in [3.63, 3.8) is 0 Å². The quantitative estimate of drug-likeness (QED) is 0.475. The first-order valence-electron chi connectivity index (χ1n) is 8.86. The van der Waals surface area contributed by atoms with E-state index in [2.05, 4.69) is 100 Å². The molecule has 3 rings (SSSR count). The maximum Gasteiger partial charge on any atom is -0.0149 e. The van der Waals surface area contributed by atoms with Gasteiger partial charge in [0.2, 0.25) is 0 Å². The Kier molecular flexibility index (Phi) is 4.85. The summed E-state index contributed by atoms with van der Waals surface area (Å²) in [5.74, 6) is 1.04. The third-order valence-corrected chi connectivity index (χ3v) is 4.65. The van der Waals surface area contributed by atoms with Gasteiger partial charge in [-0.3, -0.25) is 0 Å². The van der Waals surface area contributed by atoms with Gasteiger partial charge < -0.3 is 0 Å². The zero-order valence-electron chi connectivity index (χ0n) is 15.1. The molecule has 0 nitrogen and oxygen atoms in total. The van der Waals surface area contributed by atoms with Crippen molar-refractivity contribution in [3.8, 4) is 22.3 Å². The Balaban J connectivity index is 2.12. The molecule has 0 saturated heterocycles. The van der Waals surface area contributed by atoms with Crippen molar-refractivity contribution in [1.29, 1.82) is 0 Å². The van der Waals surface area contributed by atoms with Gasteiger partial charge in [0, 0.05) is 0 Å². The summed E-state index contributed by atoms with van der Waals surface area (Å²) in [5, 5.41) is 0. The van der Waals surface area contributed by atoms with Crippen LogP contribution in [0.25, 0.3) is 22.3 Å². The van der Waals surface area contributed by atoms with Gasteiger partial charge in [0.1, 0.15) is 0 Å². The summed E-state index contributed by atoms with van der Waals surface area (Å²) < 4.78 is 0. The van der Waals surface area contributed by atoms with Crippen molar-refractivity contribution in [2.24, 2.45) is 0 Å². The second-order valence-electron chi connectivity index (χ2n) is 7.06. The van der Waals surface area contributed by atoms with E-state index in [1.807, 2.05) is 0 Å². The fourth-order valence-electron chi connectivity index (χ4n) is 3.38. The standard InChI is InChI=1S/C24H26/c1-17(2)21-12-5-7-14-23(21)19-10-9-11-20(16-19)24-15-8-6-13-22(24)18(3)4/h5-18H,1-4H3. The molecule has 3 aromatic rings. The molecular weight excluding hydrogens is 288 g/mol. The molecule has 122 valence electrons. The predicted octanol–water partition coefficient (Wildman–Crippen LogP) is 7.27. The molecule has 0 amide bonds. The Morgan fingerprint density at radius 2 is 0.917 bits per heavy atom. The average Bonchev–Trinajstić information content (AvgIpc) is 2.61. The van der Waals surface area contributed by atoms with Gasteiger partial charge in [-0.25, -0.2) is 0 Å². The van der Waals surface area contributed by atoms with Crippen LogP contribution in [0.15, 0.2) is 72.8 Å². The van der Waals surface area contributed by atoms with Crippen molar-refractivity contribution in [3.05, 3.63) is 83.9 Å². The monoisotopic (exact) mass is 314 g/mol. The second kappa shape index (κ2) is 7.05. The van der Waals surface area contributed by atoms with Crippen molar-refractivity contribution in [1.82, 2.24) is 0 Å². The number of rotatable bonds is 4. The van der Waals surface area contributed by atoms with Gasteiger partial charge in [-0.05, 0) is 51.3 Å². The van der Waals surface area contributed by atoms with Crippen LogP contribution in [0.1, 0.15) is 50.7 Å².